The number of rotatable bonds is 8. The average Bonchev–Trinajstić information content (AvgIpc) is 2.88. The van der Waals surface area contributed by atoms with E-state index in [0.29, 0.717) is 11.3 Å². The Morgan fingerprint density at radius 3 is 2.40 bits per heavy atom. The molecule has 0 saturated carbocycles. The number of methoxy groups -OCH3 is 3. The van der Waals surface area contributed by atoms with Gasteiger partial charge in [-0.05, 0) is 73.4 Å². The predicted molar refractivity (Wildman–Crippen MR) is 138 cm³/mol. The van der Waals surface area contributed by atoms with E-state index in [1.54, 1.807) is 21.3 Å². The number of fused-ring (bicyclic) bond motifs is 1. The molecule has 184 valence electrons. The molecule has 1 aliphatic heterocycles. The zero-order chi connectivity index (χ0) is 24.9. The van der Waals surface area contributed by atoms with Crippen molar-refractivity contribution < 1.29 is 19.0 Å². The van der Waals surface area contributed by atoms with E-state index in [1.807, 2.05) is 43.3 Å². The third-order valence-electron chi connectivity index (χ3n) is 6.69. The Bertz CT molecular complexity index is 1180. The Labute approximate surface area is 207 Å². The highest BCUT2D eigenvalue weighted by Crippen LogP contribution is 2.40. The standard InChI is InChI=1S/C29H34N2O4/c1-19-9-11-22(12-10-19)29(32)30-20(2)28-25-17-27(35-5)26(34-4)16-23(25)13-14-31(28)18-21-7-6-8-24(15-21)33-3/h6-12,15-17,20,28H,13-14,18H2,1-5H3,(H,30,32)/t20-,28-/m1/s1. The summed E-state index contributed by atoms with van der Waals surface area (Å²) in [5.74, 6) is 2.18. The lowest BCUT2D eigenvalue weighted by molar-refractivity contribution is 0.0877. The van der Waals surface area contributed by atoms with Crippen LogP contribution in [-0.4, -0.2) is 44.7 Å². The largest absolute Gasteiger partial charge is 0.497 e. The second-order valence-corrected chi connectivity index (χ2v) is 9.05. The molecule has 3 aromatic rings. The second-order valence-electron chi connectivity index (χ2n) is 9.05. The monoisotopic (exact) mass is 474 g/mol. The fourth-order valence-electron chi connectivity index (χ4n) is 4.87. The lowest BCUT2D eigenvalue weighted by atomic mass is 9.87. The van der Waals surface area contributed by atoms with E-state index in [4.69, 9.17) is 14.2 Å². The van der Waals surface area contributed by atoms with Crippen molar-refractivity contribution in [2.24, 2.45) is 0 Å². The summed E-state index contributed by atoms with van der Waals surface area (Å²) in [4.78, 5) is 15.5. The summed E-state index contributed by atoms with van der Waals surface area (Å²) in [6, 6.07) is 19.7. The van der Waals surface area contributed by atoms with Gasteiger partial charge in [0.05, 0.1) is 27.4 Å². The van der Waals surface area contributed by atoms with Crippen LogP contribution in [0, 0.1) is 6.92 Å². The molecule has 0 saturated heterocycles. The van der Waals surface area contributed by atoms with Crippen molar-refractivity contribution >= 4 is 5.91 Å². The summed E-state index contributed by atoms with van der Waals surface area (Å²) >= 11 is 0. The van der Waals surface area contributed by atoms with Gasteiger partial charge in [0.1, 0.15) is 5.75 Å². The first-order valence-corrected chi connectivity index (χ1v) is 11.9. The van der Waals surface area contributed by atoms with Crippen LogP contribution in [0.1, 0.15) is 45.6 Å². The van der Waals surface area contributed by atoms with Crippen molar-refractivity contribution in [3.63, 3.8) is 0 Å². The van der Waals surface area contributed by atoms with E-state index < -0.39 is 0 Å². The first kappa shape index (κ1) is 24.6. The number of amides is 1. The van der Waals surface area contributed by atoms with Gasteiger partial charge >= 0.3 is 0 Å². The molecule has 0 spiro atoms. The first-order valence-electron chi connectivity index (χ1n) is 11.9. The molecule has 0 bridgehead atoms. The maximum Gasteiger partial charge on any atom is 0.251 e. The summed E-state index contributed by atoms with van der Waals surface area (Å²) in [6.07, 6.45) is 0.884. The summed E-state index contributed by atoms with van der Waals surface area (Å²) in [5, 5.41) is 3.25. The summed E-state index contributed by atoms with van der Waals surface area (Å²) < 4.78 is 16.6. The van der Waals surface area contributed by atoms with Crippen molar-refractivity contribution in [1.29, 1.82) is 0 Å². The normalized spacial score (nSPS) is 16.2. The minimum Gasteiger partial charge on any atom is -0.497 e. The smallest absolute Gasteiger partial charge is 0.251 e. The molecule has 1 aliphatic rings. The van der Waals surface area contributed by atoms with Gasteiger partial charge in [0.25, 0.3) is 5.91 Å². The number of hydrogen-bond donors (Lipinski definition) is 1. The van der Waals surface area contributed by atoms with Crippen LogP contribution in [0.5, 0.6) is 17.2 Å². The average molecular weight is 475 g/mol. The molecule has 0 unspecified atom stereocenters. The van der Waals surface area contributed by atoms with Crippen molar-refractivity contribution in [3.8, 4) is 17.2 Å². The molecule has 0 fully saturated rings. The Kier molecular flexibility index (Phi) is 7.61. The van der Waals surface area contributed by atoms with E-state index in [9.17, 15) is 4.79 Å². The van der Waals surface area contributed by atoms with E-state index in [1.165, 1.54) is 5.56 Å². The molecular formula is C29H34N2O4. The van der Waals surface area contributed by atoms with Gasteiger partial charge in [0.2, 0.25) is 0 Å². The topological polar surface area (TPSA) is 60.0 Å². The number of nitrogens with one attached hydrogen (secondary N) is 1. The summed E-state index contributed by atoms with van der Waals surface area (Å²) in [5.41, 5.74) is 5.31. The van der Waals surface area contributed by atoms with Crippen LogP contribution in [0.2, 0.25) is 0 Å². The number of carbonyl (C=O) groups is 1. The van der Waals surface area contributed by atoms with Crippen LogP contribution in [0.4, 0.5) is 0 Å². The van der Waals surface area contributed by atoms with Gasteiger partial charge in [-0.25, -0.2) is 0 Å². The number of ether oxygens (including phenoxy) is 3. The van der Waals surface area contributed by atoms with Crippen molar-refractivity contribution in [1.82, 2.24) is 10.2 Å². The Morgan fingerprint density at radius 1 is 1.00 bits per heavy atom. The SMILES string of the molecule is COc1cccc(CN2CCc3cc(OC)c(OC)cc3[C@H]2[C@@H](C)NC(=O)c2ccc(C)cc2)c1. The van der Waals surface area contributed by atoms with Gasteiger partial charge < -0.3 is 19.5 Å². The van der Waals surface area contributed by atoms with E-state index in [2.05, 4.69) is 41.4 Å². The van der Waals surface area contributed by atoms with E-state index in [-0.39, 0.29) is 18.0 Å². The van der Waals surface area contributed by atoms with Crippen LogP contribution >= 0.6 is 0 Å². The third-order valence-corrected chi connectivity index (χ3v) is 6.69. The van der Waals surface area contributed by atoms with Gasteiger partial charge in [-0.1, -0.05) is 29.8 Å². The number of nitrogens with zero attached hydrogens (tertiary/aromatic N) is 1. The van der Waals surface area contributed by atoms with Crippen molar-refractivity contribution in [2.75, 3.05) is 27.9 Å². The van der Waals surface area contributed by atoms with Crippen molar-refractivity contribution in [3.05, 3.63) is 88.5 Å². The number of aryl methyl sites for hydroxylation is 1. The predicted octanol–water partition coefficient (Wildman–Crippen LogP) is 4.94. The maximum absolute atomic E-state index is 13.1. The van der Waals surface area contributed by atoms with Crippen LogP contribution in [-0.2, 0) is 13.0 Å². The Morgan fingerprint density at radius 2 is 1.71 bits per heavy atom. The molecular weight excluding hydrogens is 440 g/mol. The van der Waals surface area contributed by atoms with Crippen LogP contribution in [0.3, 0.4) is 0 Å². The lowest BCUT2D eigenvalue weighted by Gasteiger charge is -2.41. The highest BCUT2D eigenvalue weighted by atomic mass is 16.5. The van der Waals surface area contributed by atoms with Gasteiger partial charge in [0.15, 0.2) is 11.5 Å². The van der Waals surface area contributed by atoms with Crippen LogP contribution < -0.4 is 19.5 Å². The first-order chi connectivity index (χ1) is 16.9. The fourth-order valence-corrected chi connectivity index (χ4v) is 4.87. The zero-order valence-corrected chi connectivity index (χ0v) is 21.1. The molecule has 1 heterocycles. The van der Waals surface area contributed by atoms with Gasteiger partial charge in [-0.2, -0.15) is 0 Å². The molecule has 1 N–H and O–H groups in total. The maximum atomic E-state index is 13.1. The quantitative estimate of drug-likeness (QED) is 0.501. The van der Waals surface area contributed by atoms with Gasteiger partial charge in [-0.15, -0.1) is 0 Å². The number of benzene rings is 3. The molecule has 6 heteroatoms. The van der Waals surface area contributed by atoms with Crippen LogP contribution in [0.15, 0.2) is 60.7 Å². The number of carbonyl (C=O) groups excluding carboxylic acids is 1. The molecule has 0 aliphatic carbocycles. The molecule has 35 heavy (non-hydrogen) atoms. The Balaban J connectivity index is 1.68. The molecule has 4 rings (SSSR count). The highest BCUT2D eigenvalue weighted by Gasteiger charge is 2.34. The third kappa shape index (κ3) is 5.43. The van der Waals surface area contributed by atoms with Gasteiger partial charge in [0, 0.05) is 24.7 Å². The van der Waals surface area contributed by atoms with E-state index >= 15 is 0 Å². The molecule has 3 aromatic carbocycles. The van der Waals surface area contributed by atoms with Crippen molar-refractivity contribution in [2.45, 2.75) is 38.9 Å². The Hall–Kier alpha value is -3.51. The minimum absolute atomic E-state index is 0.0424. The molecule has 2 atom stereocenters. The second kappa shape index (κ2) is 10.8. The molecule has 6 nitrogen and oxygen atoms in total. The zero-order valence-electron chi connectivity index (χ0n) is 21.1. The summed E-state index contributed by atoms with van der Waals surface area (Å²) in [6.45, 7) is 5.68. The van der Waals surface area contributed by atoms with Crippen LogP contribution in [0.25, 0.3) is 0 Å². The highest BCUT2D eigenvalue weighted by molar-refractivity contribution is 5.94. The van der Waals surface area contributed by atoms with E-state index in [0.717, 1.165) is 47.7 Å². The molecule has 1 amide bonds. The number of hydrogen-bond acceptors (Lipinski definition) is 5. The minimum atomic E-state index is -0.147. The lowest BCUT2D eigenvalue weighted by Crippen LogP contribution is -2.47. The summed E-state index contributed by atoms with van der Waals surface area (Å²) in [7, 11) is 4.99. The van der Waals surface area contributed by atoms with Gasteiger partial charge in [-0.3, -0.25) is 9.69 Å². The molecule has 0 aromatic heterocycles. The molecule has 0 radical (unpaired) electrons. The fraction of sp³-hybridized carbons (Fsp3) is 0.345.